The minimum atomic E-state index is -1.48. The monoisotopic (exact) mass is 584 g/mol. The van der Waals surface area contributed by atoms with Crippen LogP contribution in [0.4, 0.5) is 5.69 Å². The van der Waals surface area contributed by atoms with Crippen molar-refractivity contribution in [3.63, 3.8) is 0 Å². The highest BCUT2D eigenvalue weighted by Crippen LogP contribution is 2.79. The Morgan fingerprint density at radius 3 is 2.50 bits per heavy atom. The van der Waals surface area contributed by atoms with E-state index >= 15 is 0 Å². The van der Waals surface area contributed by atoms with Crippen LogP contribution in [0.5, 0.6) is 0 Å². The first kappa shape index (κ1) is 28.7. The van der Waals surface area contributed by atoms with Crippen molar-refractivity contribution in [2.75, 3.05) is 39.7 Å². The number of ether oxygens (including phenoxy) is 4. The molecule has 6 aliphatic rings. The number of aliphatic hydroxyl groups is 2. The van der Waals surface area contributed by atoms with Crippen LogP contribution in [0.15, 0.2) is 24.3 Å². The molecule has 1 heterocycles. The van der Waals surface area contributed by atoms with Crippen LogP contribution in [-0.4, -0.2) is 103 Å². The van der Waals surface area contributed by atoms with Gasteiger partial charge in [-0.3, -0.25) is 9.69 Å². The summed E-state index contributed by atoms with van der Waals surface area (Å²) >= 11 is 0. The van der Waals surface area contributed by atoms with Crippen LogP contribution < -0.4 is 5.32 Å². The molecule has 5 aliphatic carbocycles. The number of rotatable bonds is 7. The molecule has 230 valence electrons. The molecule has 0 unspecified atom stereocenters. The van der Waals surface area contributed by atoms with Crippen molar-refractivity contribution in [1.29, 1.82) is 0 Å². The number of hydrogen-bond donors (Lipinski definition) is 3. The molecule has 0 aromatic heterocycles. The molecular formula is C32H44N2O8. The Kier molecular flexibility index (Phi) is 6.46. The maximum Gasteiger partial charge on any atom is 0.340 e. The van der Waals surface area contributed by atoms with Gasteiger partial charge in [-0.05, 0) is 44.4 Å². The third kappa shape index (κ3) is 3.21. The quantitative estimate of drug-likeness (QED) is 0.414. The van der Waals surface area contributed by atoms with Crippen LogP contribution >= 0.6 is 0 Å². The smallest absolute Gasteiger partial charge is 0.340 e. The lowest BCUT2D eigenvalue weighted by Crippen LogP contribution is -2.83. The van der Waals surface area contributed by atoms with Gasteiger partial charge in [-0.2, -0.15) is 0 Å². The number of likely N-dealkylation sites (tertiary alicyclic amines) is 1. The Labute approximate surface area is 247 Å². The summed E-state index contributed by atoms with van der Waals surface area (Å²) in [4.78, 5) is 28.3. The first-order valence-corrected chi connectivity index (χ1v) is 15.4. The Morgan fingerprint density at radius 1 is 1.07 bits per heavy atom. The minimum Gasteiger partial charge on any atom is -0.454 e. The van der Waals surface area contributed by atoms with E-state index in [1.54, 1.807) is 45.6 Å². The van der Waals surface area contributed by atoms with E-state index in [2.05, 4.69) is 17.1 Å². The number of carbonyl (C=O) groups is 2. The van der Waals surface area contributed by atoms with Crippen molar-refractivity contribution in [2.45, 2.75) is 87.1 Å². The van der Waals surface area contributed by atoms with Crippen LogP contribution in [0.2, 0.25) is 0 Å². The van der Waals surface area contributed by atoms with E-state index in [-0.39, 0.29) is 47.8 Å². The van der Waals surface area contributed by atoms with E-state index in [0.717, 1.165) is 0 Å². The van der Waals surface area contributed by atoms with Gasteiger partial charge in [0, 0.05) is 76.3 Å². The zero-order chi connectivity index (χ0) is 29.8. The number of hydrogen-bond acceptors (Lipinski definition) is 9. The van der Waals surface area contributed by atoms with Gasteiger partial charge in [0.2, 0.25) is 5.91 Å². The standard InChI is InChI=1S/C32H44N2O8/c1-6-34-16-29(42-28(36)18-9-7-8-10-21(18)33-17(2)35)12-11-25(40-4)31-23(29)14-20(26(31)34)30(37)15-22(39-3)19-13-24(31)32(30,38)27(19)41-5/h7-10,19-20,22-27,37-38H,6,11-16H2,1-5H3,(H,33,35)/t19-,20+,22+,23+,24-,25+,26+,27-,29-,30+,31+,32+/m1/s1. The Bertz CT molecular complexity index is 1290. The number of anilines is 1. The topological polar surface area (TPSA) is 127 Å². The van der Waals surface area contributed by atoms with Crippen molar-refractivity contribution in [3.8, 4) is 0 Å². The summed E-state index contributed by atoms with van der Waals surface area (Å²) in [5, 5.41) is 28.4. The fraction of sp³-hybridized carbons (Fsp3) is 0.750. The van der Waals surface area contributed by atoms with Gasteiger partial charge in [-0.25, -0.2) is 4.79 Å². The van der Waals surface area contributed by atoms with Gasteiger partial charge in [-0.15, -0.1) is 0 Å². The zero-order valence-electron chi connectivity index (χ0n) is 25.2. The molecule has 1 aromatic carbocycles. The molecule has 7 rings (SSSR count). The molecule has 12 atom stereocenters. The Morgan fingerprint density at radius 2 is 1.83 bits per heavy atom. The van der Waals surface area contributed by atoms with Gasteiger partial charge in [0.05, 0.1) is 29.6 Å². The highest BCUT2D eigenvalue weighted by Gasteiger charge is 2.89. The number of methoxy groups -OCH3 is 3. The Hall–Kier alpha value is -2.08. The maximum atomic E-state index is 14.0. The number of para-hydroxylation sites is 1. The third-order valence-corrected chi connectivity index (χ3v) is 12.6. The highest BCUT2D eigenvalue weighted by molar-refractivity contribution is 6.00. The van der Waals surface area contributed by atoms with Crippen LogP contribution in [0.25, 0.3) is 0 Å². The van der Waals surface area contributed by atoms with Crippen molar-refractivity contribution >= 4 is 17.6 Å². The second kappa shape index (κ2) is 9.46. The molecule has 0 radical (unpaired) electrons. The molecule has 1 aromatic rings. The third-order valence-electron chi connectivity index (χ3n) is 12.6. The molecule has 7 bridgehead atoms. The zero-order valence-corrected chi connectivity index (χ0v) is 25.2. The molecule has 5 saturated carbocycles. The summed E-state index contributed by atoms with van der Waals surface area (Å²) in [6, 6.07) is 6.89. The van der Waals surface area contributed by atoms with Gasteiger partial charge >= 0.3 is 5.97 Å². The average Bonchev–Trinajstić information content (AvgIpc) is 3.39. The summed E-state index contributed by atoms with van der Waals surface area (Å²) in [7, 11) is 5.05. The second-order valence-corrected chi connectivity index (χ2v) is 13.7. The van der Waals surface area contributed by atoms with E-state index in [9.17, 15) is 19.8 Å². The van der Waals surface area contributed by atoms with Gasteiger partial charge in [0.25, 0.3) is 0 Å². The summed E-state index contributed by atoms with van der Waals surface area (Å²) in [6.45, 7) is 4.79. The molecule has 1 aliphatic heterocycles. The molecular weight excluding hydrogens is 540 g/mol. The molecule has 10 nitrogen and oxygen atoms in total. The number of piperidine rings is 1. The lowest BCUT2D eigenvalue weighted by atomic mass is 9.44. The SMILES string of the molecule is CCN1C[C@]2(OC(=O)c3ccccc3NC(C)=O)CC[C@H](OC)[C@]34[C@@H]1[C@H](C[C@@H]23)[C@@]1(O)C[C@H](OC)[C@H]2C[C@H]4[C@]1(O)[C@@H]2OC. The van der Waals surface area contributed by atoms with E-state index < -0.39 is 34.3 Å². The van der Waals surface area contributed by atoms with Gasteiger partial charge in [0.1, 0.15) is 16.8 Å². The van der Waals surface area contributed by atoms with Gasteiger partial charge in [0.15, 0.2) is 0 Å². The van der Waals surface area contributed by atoms with Crippen LogP contribution in [0, 0.1) is 29.1 Å². The van der Waals surface area contributed by atoms with Gasteiger partial charge < -0.3 is 34.5 Å². The predicted molar refractivity (Wildman–Crippen MR) is 152 cm³/mol. The lowest BCUT2D eigenvalue weighted by molar-refractivity contribution is -0.337. The van der Waals surface area contributed by atoms with Crippen molar-refractivity contribution in [3.05, 3.63) is 29.8 Å². The fourth-order valence-corrected chi connectivity index (χ4v) is 11.6. The molecule has 10 heteroatoms. The first-order valence-electron chi connectivity index (χ1n) is 15.4. The van der Waals surface area contributed by atoms with Gasteiger partial charge in [-0.1, -0.05) is 19.1 Å². The molecule has 1 amide bonds. The highest BCUT2D eigenvalue weighted by atomic mass is 16.6. The number of carbonyl (C=O) groups excluding carboxylic acids is 2. The van der Waals surface area contributed by atoms with Crippen LogP contribution in [0.3, 0.4) is 0 Å². The summed E-state index contributed by atoms with van der Waals surface area (Å²) in [6.07, 6.45) is 1.91. The number of likely N-dealkylation sites (N-methyl/N-ethyl adjacent to an activating group) is 1. The normalized spacial score (nSPS) is 48.2. The van der Waals surface area contributed by atoms with E-state index in [1.165, 1.54) is 6.92 Å². The van der Waals surface area contributed by atoms with Crippen LogP contribution in [0.1, 0.15) is 56.3 Å². The average molecular weight is 585 g/mol. The van der Waals surface area contributed by atoms with E-state index in [4.69, 9.17) is 18.9 Å². The molecule has 1 saturated heterocycles. The molecule has 6 fully saturated rings. The number of esters is 1. The fourth-order valence-electron chi connectivity index (χ4n) is 11.6. The van der Waals surface area contributed by atoms with E-state index in [0.29, 0.717) is 56.4 Å². The predicted octanol–water partition coefficient (Wildman–Crippen LogP) is 2.22. The first-order chi connectivity index (χ1) is 20.1. The number of amides is 1. The van der Waals surface area contributed by atoms with E-state index in [1.807, 2.05) is 0 Å². The summed E-state index contributed by atoms with van der Waals surface area (Å²) in [5.74, 6) is -1.54. The van der Waals surface area contributed by atoms with Crippen LogP contribution in [-0.2, 0) is 23.7 Å². The lowest BCUT2D eigenvalue weighted by Gasteiger charge is -2.70. The molecule has 1 spiro atoms. The number of nitrogens with zero attached hydrogens (tertiary/aromatic N) is 1. The summed E-state index contributed by atoms with van der Waals surface area (Å²) in [5.41, 5.74) is -3.57. The second-order valence-electron chi connectivity index (χ2n) is 13.7. The van der Waals surface area contributed by atoms with Crippen molar-refractivity contribution in [2.24, 2.45) is 29.1 Å². The van der Waals surface area contributed by atoms with Crippen molar-refractivity contribution in [1.82, 2.24) is 4.90 Å². The largest absolute Gasteiger partial charge is 0.454 e. The molecule has 3 N–H and O–H groups in total. The summed E-state index contributed by atoms with van der Waals surface area (Å²) < 4.78 is 25.1. The molecule has 42 heavy (non-hydrogen) atoms. The minimum absolute atomic E-state index is 0.0432. The number of fused-ring (bicyclic) bond motifs is 2. The number of benzene rings is 1. The Balaban J connectivity index is 1.38. The van der Waals surface area contributed by atoms with Crippen molar-refractivity contribution < 1.29 is 38.7 Å². The maximum absolute atomic E-state index is 14.0. The number of nitrogens with one attached hydrogen (secondary N) is 1.